The number of hydrogen-bond acceptors (Lipinski definition) is 6. The Morgan fingerprint density at radius 2 is 2.10 bits per heavy atom. The number of nitrogens with zero attached hydrogens (tertiary/aromatic N) is 4. The summed E-state index contributed by atoms with van der Waals surface area (Å²) < 4.78 is 20.7. The van der Waals surface area contributed by atoms with Gasteiger partial charge in [-0.3, -0.25) is 0 Å². The van der Waals surface area contributed by atoms with Gasteiger partial charge < -0.3 is 19.3 Å². The molecule has 7 heteroatoms. The Morgan fingerprint density at radius 1 is 1.29 bits per heavy atom. The Labute approximate surface area is 129 Å². The fourth-order valence-corrected chi connectivity index (χ4v) is 4.01. The van der Waals surface area contributed by atoms with E-state index in [4.69, 9.17) is 18.2 Å². The van der Waals surface area contributed by atoms with Crippen LogP contribution in [0.15, 0.2) is 20.3 Å². The Balaban J connectivity index is 1.84. The molecule has 0 amide bonds. The van der Waals surface area contributed by atoms with Gasteiger partial charge in [0.15, 0.2) is 11.6 Å². The summed E-state index contributed by atoms with van der Waals surface area (Å²) in [4.78, 5) is 4.72. The molecule has 3 rings (SSSR count). The summed E-state index contributed by atoms with van der Waals surface area (Å²) >= 11 is 0. The zero-order valence-corrected chi connectivity index (χ0v) is 13.7. The quantitative estimate of drug-likeness (QED) is 0.778. The second-order valence-corrected chi connectivity index (χ2v) is 7.01. The molecule has 0 N–H and O–H groups in total. The molecule has 2 fully saturated rings. The van der Waals surface area contributed by atoms with Gasteiger partial charge >= 0.3 is 0 Å². The van der Waals surface area contributed by atoms with Crippen LogP contribution in [-0.2, 0) is 20.4 Å². The number of allylic oxidation sites excluding steroid dienone is 1. The van der Waals surface area contributed by atoms with E-state index in [1.54, 1.807) is 7.11 Å². The second-order valence-electron chi connectivity index (χ2n) is 5.56. The number of likely N-dealkylation sites (N-methyl/N-ethyl adjacent to an activating group) is 1. The van der Waals surface area contributed by atoms with Crippen molar-refractivity contribution in [2.24, 2.45) is 8.76 Å². The lowest BCUT2D eigenvalue weighted by molar-refractivity contribution is 0.161. The molecule has 0 aromatic carbocycles. The Bertz CT molecular complexity index is 481. The molecule has 0 saturated carbocycles. The zero-order valence-electron chi connectivity index (χ0n) is 12.9. The van der Waals surface area contributed by atoms with Gasteiger partial charge in [-0.1, -0.05) is 0 Å². The minimum Gasteiger partial charge on any atom is -0.488 e. The van der Waals surface area contributed by atoms with Crippen LogP contribution in [0.2, 0.25) is 0 Å². The lowest BCUT2D eigenvalue weighted by atomic mass is 10.1. The maximum atomic E-state index is 5.90. The topological polar surface area (TPSA) is 49.7 Å². The highest BCUT2D eigenvalue weighted by molar-refractivity contribution is 7.86. The van der Waals surface area contributed by atoms with Gasteiger partial charge in [-0.25, -0.2) is 4.40 Å². The van der Waals surface area contributed by atoms with E-state index in [0.29, 0.717) is 6.61 Å². The van der Waals surface area contributed by atoms with Crippen LogP contribution in [0, 0.1) is 0 Å². The number of piperazine rings is 1. The first-order chi connectivity index (χ1) is 10.3. The number of hydrogen-bond donors (Lipinski definition) is 0. The van der Waals surface area contributed by atoms with Crippen LogP contribution < -0.4 is 0 Å². The molecule has 6 nitrogen and oxygen atoms in total. The van der Waals surface area contributed by atoms with Crippen LogP contribution in [0.4, 0.5) is 0 Å². The highest BCUT2D eigenvalue weighted by Gasteiger charge is 2.28. The van der Waals surface area contributed by atoms with E-state index < -0.39 is 0 Å². The first-order valence-corrected chi connectivity index (χ1v) is 8.89. The van der Waals surface area contributed by atoms with Gasteiger partial charge in [-0.15, -0.1) is 0 Å². The van der Waals surface area contributed by atoms with Crippen LogP contribution in [0.3, 0.4) is 0 Å². The Hall–Kier alpha value is -0.920. The average molecular weight is 312 g/mol. The van der Waals surface area contributed by atoms with Gasteiger partial charge in [0.2, 0.25) is 0 Å². The van der Waals surface area contributed by atoms with Crippen LogP contribution in [0.25, 0.3) is 0 Å². The fraction of sp³-hybridized carbons (Fsp3) is 0.786. The molecule has 0 bridgehead atoms. The van der Waals surface area contributed by atoms with E-state index in [1.165, 1.54) is 0 Å². The van der Waals surface area contributed by atoms with Gasteiger partial charge in [0.05, 0.1) is 18.9 Å². The summed E-state index contributed by atoms with van der Waals surface area (Å²) in [5.74, 6) is 2.84. The molecule has 0 aromatic heterocycles. The Morgan fingerprint density at radius 3 is 2.86 bits per heavy atom. The van der Waals surface area contributed by atoms with Crippen LogP contribution >= 0.6 is 0 Å². The monoisotopic (exact) mass is 312 g/mol. The number of fused-ring (bicyclic) bond motifs is 1. The van der Waals surface area contributed by atoms with Crippen LogP contribution in [0.5, 0.6) is 0 Å². The molecular formula is C14H24N4O2S. The largest absolute Gasteiger partial charge is 0.488 e. The summed E-state index contributed by atoms with van der Waals surface area (Å²) in [5, 5.41) is 0. The molecule has 21 heavy (non-hydrogen) atoms. The third kappa shape index (κ3) is 3.46. The summed E-state index contributed by atoms with van der Waals surface area (Å²) in [6, 6.07) is 0. The first kappa shape index (κ1) is 15.0. The first-order valence-electron chi connectivity index (χ1n) is 7.58. The third-order valence-electron chi connectivity index (χ3n) is 3.95. The molecule has 1 unspecified atom stereocenters. The van der Waals surface area contributed by atoms with Gasteiger partial charge in [-0.2, -0.15) is 4.36 Å². The Kier molecular flexibility index (Phi) is 4.92. The summed E-state index contributed by atoms with van der Waals surface area (Å²) in [7, 11) is 3.59. The van der Waals surface area contributed by atoms with Crippen molar-refractivity contribution in [1.29, 1.82) is 0 Å². The number of rotatable bonds is 4. The zero-order chi connectivity index (χ0) is 14.7. The molecule has 3 aliphatic rings. The average Bonchev–Trinajstić information content (AvgIpc) is 2.53. The van der Waals surface area contributed by atoms with Crippen molar-refractivity contribution >= 4 is 16.6 Å². The molecule has 0 aliphatic carbocycles. The van der Waals surface area contributed by atoms with Crippen molar-refractivity contribution in [3.05, 3.63) is 11.6 Å². The molecule has 0 aromatic rings. The minimum absolute atomic E-state index is 0.309. The van der Waals surface area contributed by atoms with E-state index in [2.05, 4.69) is 16.8 Å². The van der Waals surface area contributed by atoms with Crippen molar-refractivity contribution in [3.63, 3.8) is 0 Å². The minimum atomic E-state index is -0.309. The maximum Gasteiger partial charge on any atom is 0.184 e. The van der Waals surface area contributed by atoms with Crippen molar-refractivity contribution in [2.75, 3.05) is 59.3 Å². The predicted molar refractivity (Wildman–Crippen MR) is 85.3 cm³/mol. The molecule has 118 valence electrons. The molecule has 3 aliphatic heterocycles. The standard InChI is InChI=1S/C14H24N4O2S/c1-17-5-7-18(8-6-17)14-13-12(4-3-9-20-13)15-21(16-14)11-10-19-2/h3-11H2,1-2H3. The van der Waals surface area contributed by atoms with E-state index in [0.717, 1.165) is 68.7 Å². The summed E-state index contributed by atoms with van der Waals surface area (Å²) in [5.41, 5.74) is 1.12. The highest BCUT2D eigenvalue weighted by atomic mass is 32.2. The molecule has 0 radical (unpaired) electrons. The normalized spacial score (nSPS) is 26.9. The highest BCUT2D eigenvalue weighted by Crippen LogP contribution is 2.27. The van der Waals surface area contributed by atoms with Crippen molar-refractivity contribution in [1.82, 2.24) is 9.80 Å². The second kappa shape index (κ2) is 6.89. The summed E-state index contributed by atoms with van der Waals surface area (Å²) in [6.07, 6.45) is 2.07. The number of ether oxygens (including phenoxy) is 2. The van der Waals surface area contributed by atoms with E-state index >= 15 is 0 Å². The van der Waals surface area contributed by atoms with E-state index in [1.807, 2.05) is 0 Å². The lowest BCUT2D eigenvalue weighted by Gasteiger charge is -2.36. The van der Waals surface area contributed by atoms with Crippen molar-refractivity contribution < 1.29 is 9.47 Å². The SMILES string of the molecule is COCCS1=NC(N2CCN(C)CC2)=C2OCCCC2=N1. The number of methoxy groups -OCH3 is 1. The third-order valence-corrected chi connectivity index (χ3v) is 5.30. The van der Waals surface area contributed by atoms with Crippen molar-refractivity contribution in [2.45, 2.75) is 12.8 Å². The van der Waals surface area contributed by atoms with Crippen LogP contribution in [-0.4, -0.2) is 74.8 Å². The summed E-state index contributed by atoms with van der Waals surface area (Å²) in [6.45, 7) is 5.66. The molecule has 3 heterocycles. The van der Waals surface area contributed by atoms with Crippen molar-refractivity contribution in [3.8, 4) is 0 Å². The fourth-order valence-electron chi connectivity index (χ4n) is 2.65. The molecule has 2 saturated heterocycles. The van der Waals surface area contributed by atoms with Gasteiger partial charge in [-0.05, 0) is 19.9 Å². The van der Waals surface area contributed by atoms with Gasteiger partial charge in [0, 0.05) is 49.9 Å². The van der Waals surface area contributed by atoms with Crippen LogP contribution in [0.1, 0.15) is 12.8 Å². The van der Waals surface area contributed by atoms with E-state index in [-0.39, 0.29) is 10.9 Å². The molecule has 1 atom stereocenters. The smallest absolute Gasteiger partial charge is 0.184 e. The van der Waals surface area contributed by atoms with Gasteiger partial charge in [0.1, 0.15) is 0 Å². The lowest BCUT2D eigenvalue weighted by Crippen LogP contribution is -2.44. The molecular weight excluding hydrogens is 288 g/mol. The molecule has 0 spiro atoms. The van der Waals surface area contributed by atoms with Gasteiger partial charge in [0.25, 0.3) is 0 Å². The predicted octanol–water partition coefficient (Wildman–Crippen LogP) is 1.03. The maximum absolute atomic E-state index is 5.90. The van der Waals surface area contributed by atoms with E-state index in [9.17, 15) is 0 Å².